The molecule has 1 amide bonds. The van der Waals surface area contributed by atoms with Gasteiger partial charge in [0.2, 0.25) is 5.91 Å². The smallest absolute Gasteiger partial charge is 0.352 e. The van der Waals surface area contributed by atoms with Crippen LogP contribution in [0.15, 0.2) is 54.2 Å². The van der Waals surface area contributed by atoms with Crippen molar-refractivity contribution < 1.29 is 19.4 Å². The summed E-state index contributed by atoms with van der Waals surface area (Å²) in [5.74, 6) is 0.633. The molecule has 2 aromatic carbocycles. The van der Waals surface area contributed by atoms with E-state index < -0.39 is 5.97 Å². The molecule has 3 rings (SSSR count). The molecule has 1 saturated carbocycles. The largest absolute Gasteiger partial charge is 0.477 e. The van der Waals surface area contributed by atoms with Gasteiger partial charge in [-0.2, -0.15) is 0 Å². The van der Waals surface area contributed by atoms with Crippen LogP contribution in [-0.4, -0.2) is 17.0 Å². The molecular formula is C24H27NO4. The summed E-state index contributed by atoms with van der Waals surface area (Å²) < 4.78 is 5.86. The van der Waals surface area contributed by atoms with Gasteiger partial charge in [0.05, 0.1) is 0 Å². The maximum Gasteiger partial charge on any atom is 0.352 e. The second-order valence-corrected chi connectivity index (χ2v) is 7.54. The van der Waals surface area contributed by atoms with Gasteiger partial charge in [0.15, 0.2) is 0 Å². The molecule has 0 saturated heterocycles. The number of aryl methyl sites for hydroxylation is 1. The van der Waals surface area contributed by atoms with Crippen LogP contribution in [0, 0.1) is 12.8 Å². The fourth-order valence-electron chi connectivity index (χ4n) is 3.59. The molecule has 0 aromatic heterocycles. The van der Waals surface area contributed by atoms with Crippen LogP contribution in [0.3, 0.4) is 0 Å². The highest BCUT2D eigenvalue weighted by Gasteiger charge is 2.17. The van der Waals surface area contributed by atoms with Crippen LogP contribution >= 0.6 is 0 Å². The van der Waals surface area contributed by atoms with Crippen LogP contribution in [0.25, 0.3) is 6.08 Å². The molecule has 1 aliphatic carbocycles. The number of aliphatic carboxylic acids is 1. The Morgan fingerprint density at radius 3 is 2.45 bits per heavy atom. The summed E-state index contributed by atoms with van der Waals surface area (Å²) in [7, 11) is 0. The van der Waals surface area contributed by atoms with E-state index in [0.29, 0.717) is 23.7 Å². The van der Waals surface area contributed by atoms with E-state index in [1.54, 1.807) is 24.3 Å². The van der Waals surface area contributed by atoms with E-state index in [9.17, 15) is 14.7 Å². The third kappa shape index (κ3) is 6.21. The lowest BCUT2D eigenvalue weighted by molar-refractivity contribution is -0.134. The number of hydrogen-bond donors (Lipinski definition) is 2. The van der Waals surface area contributed by atoms with Gasteiger partial charge < -0.3 is 15.2 Å². The zero-order valence-corrected chi connectivity index (χ0v) is 16.7. The fourth-order valence-corrected chi connectivity index (χ4v) is 3.59. The zero-order chi connectivity index (χ0) is 20.6. The number of rotatable bonds is 8. The van der Waals surface area contributed by atoms with Crippen LogP contribution in [0.2, 0.25) is 0 Å². The average Bonchev–Trinajstić information content (AvgIpc) is 3.23. The Balaban J connectivity index is 1.61. The molecule has 0 radical (unpaired) electrons. The molecule has 2 N–H and O–H groups in total. The monoisotopic (exact) mass is 393 g/mol. The van der Waals surface area contributed by atoms with Crippen molar-refractivity contribution in [1.82, 2.24) is 5.32 Å². The number of ether oxygens (including phenoxy) is 1. The molecule has 0 heterocycles. The Bertz CT molecular complexity index is 880. The maximum atomic E-state index is 12.2. The van der Waals surface area contributed by atoms with E-state index in [4.69, 9.17) is 4.74 Å². The Kier molecular flexibility index (Phi) is 7.06. The minimum Gasteiger partial charge on any atom is -0.477 e. The molecule has 1 aliphatic rings. The predicted octanol–water partition coefficient (Wildman–Crippen LogP) is 5.30. The number of carboxylic acids is 1. The minimum absolute atomic E-state index is 0.117. The first-order valence-electron chi connectivity index (χ1n) is 10.1. The van der Waals surface area contributed by atoms with Crippen LogP contribution in [-0.2, 0) is 9.59 Å². The molecule has 1 fully saturated rings. The summed E-state index contributed by atoms with van der Waals surface area (Å²) in [5.41, 5.74) is 1.59. The van der Waals surface area contributed by atoms with Crippen molar-refractivity contribution in [2.24, 2.45) is 5.92 Å². The van der Waals surface area contributed by atoms with Crippen LogP contribution < -0.4 is 10.1 Å². The lowest BCUT2D eigenvalue weighted by Crippen LogP contribution is -2.27. The van der Waals surface area contributed by atoms with Crippen LogP contribution in [0.4, 0.5) is 0 Å². The molecule has 2 aromatic rings. The van der Waals surface area contributed by atoms with Gasteiger partial charge in [-0.3, -0.25) is 4.79 Å². The van der Waals surface area contributed by atoms with E-state index in [-0.39, 0.29) is 11.6 Å². The Hall–Kier alpha value is -3.08. The van der Waals surface area contributed by atoms with Crippen LogP contribution in [0.5, 0.6) is 11.5 Å². The number of para-hydroxylation sites is 1. The number of nitrogens with one attached hydrogen (secondary N) is 1. The second-order valence-electron chi connectivity index (χ2n) is 7.54. The van der Waals surface area contributed by atoms with Gasteiger partial charge in [-0.15, -0.1) is 0 Å². The first-order valence-corrected chi connectivity index (χ1v) is 10.1. The van der Waals surface area contributed by atoms with E-state index >= 15 is 0 Å². The van der Waals surface area contributed by atoms with Gasteiger partial charge in [0.1, 0.15) is 17.2 Å². The first-order chi connectivity index (χ1) is 14.0. The third-order valence-corrected chi connectivity index (χ3v) is 5.27. The molecule has 29 heavy (non-hydrogen) atoms. The number of carbonyl (C=O) groups excluding carboxylic acids is 1. The van der Waals surface area contributed by atoms with E-state index in [2.05, 4.69) is 5.32 Å². The fraction of sp³-hybridized carbons (Fsp3) is 0.333. The quantitative estimate of drug-likeness (QED) is 0.597. The lowest BCUT2D eigenvalue weighted by Gasteiger charge is -2.10. The highest BCUT2D eigenvalue weighted by atomic mass is 16.5. The van der Waals surface area contributed by atoms with Crippen molar-refractivity contribution in [3.63, 3.8) is 0 Å². The number of benzene rings is 2. The van der Waals surface area contributed by atoms with Gasteiger partial charge in [-0.25, -0.2) is 4.79 Å². The lowest BCUT2D eigenvalue weighted by atomic mass is 10.0. The molecule has 0 atom stereocenters. The molecule has 152 valence electrons. The third-order valence-electron chi connectivity index (χ3n) is 5.27. The summed E-state index contributed by atoms with van der Waals surface area (Å²) in [5, 5.41) is 12.0. The zero-order valence-electron chi connectivity index (χ0n) is 16.7. The van der Waals surface area contributed by atoms with Gasteiger partial charge in [0.25, 0.3) is 0 Å². The minimum atomic E-state index is -1.15. The van der Waals surface area contributed by atoms with Crippen molar-refractivity contribution in [1.29, 1.82) is 0 Å². The number of amides is 1. The Labute approximate surface area is 171 Å². The molecule has 0 aliphatic heterocycles. The maximum absolute atomic E-state index is 12.2. The van der Waals surface area contributed by atoms with E-state index in [0.717, 1.165) is 17.7 Å². The first kappa shape index (κ1) is 20.6. The molecule has 5 nitrogen and oxygen atoms in total. The van der Waals surface area contributed by atoms with Gasteiger partial charge in [-0.1, -0.05) is 56.0 Å². The summed E-state index contributed by atoms with van der Waals surface area (Å²) in [6.45, 7) is 1.97. The van der Waals surface area contributed by atoms with Crippen molar-refractivity contribution in [2.75, 3.05) is 0 Å². The number of carbonyl (C=O) groups is 2. The molecule has 0 spiro atoms. The average molecular weight is 393 g/mol. The van der Waals surface area contributed by atoms with E-state index in [1.807, 2.05) is 31.2 Å². The van der Waals surface area contributed by atoms with Gasteiger partial charge in [-0.05, 0) is 54.7 Å². The summed E-state index contributed by atoms with van der Waals surface area (Å²) in [6.07, 6.45) is 7.46. The highest BCUT2D eigenvalue weighted by molar-refractivity contribution is 5.96. The number of carboxylic acid groups (broad SMARTS) is 1. The summed E-state index contributed by atoms with van der Waals surface area (Å²) in [4.78, 5) is 23.7. The molecule has 0 unspecified atom stereocenters. The summed E-state index contributed by atoms with van der Waals surface area (Å²) >= 11 is 0. The van der Waals surface area contributed by atoms with Crippen molar-refractivity contribution >= 4 is 18.0 Å². The molecule has 0 bridgehead atoms. The topological polar surface area (TPSA) is 75.6 Å². The van der Waals surface area contributed by atoms with Crippen LogP contribution in [0.1, 0.15) is 49.7 Å². The standard InChI is InChI=1S/C24H27NO4/c1-17-6-2-5-9-22(17)29-20-13-10-19(11-14-20)16-21(24(27)28)25-23(26)15-12-18-7-3-4-8-18/h2,5-6,9-11,13-14,16,18H,3-4,7-8,12,15H2,1H3,(H,25,26)(H,27,28). The van der Waals surface area contributed by atoms with Gasteiger partial charge >= 0.3 is 5.97 Å². The highest BCUT2D eigenvalue weighted by Crippen LogP contribution is 2.28. The second kappa shape index (κ2) is 9.92. The van der Waals surface area contributed by atoms with Crippen molar-refractivity contribution in [3.8, 4) is 11.5 Å². The van der Waals surface area contributed by atoms with Crippen molar-refractivity contribution in [2.45, 2.75) is 45.4 Å². The number of hydrogen-bond acceptors (Lipinski definition) is 3. The predicted molar refractivity (Wildman–Crippen MR) is 113 cm³/mol. The Morgan fingerprint density at radius 1 is 1.10 bits per heavy atom. The van der Waals surface area contributed by atoms with E-state index in [1.165, 1.54) is 31.8 Å². The SMILES string of the molecule is Cc1ccccc1Oc1ccc(C=C(NC(=O)CCC2CCCC2)C(=O)O)cc1. The van der Waals surface area contributed by atoms with Crippen molar-refractivity contribution in [3.05, 3.63) is 65.4 Å². The molecular weight excluding hydrogens is 366 g/mol. The molecule has 5 heteroatoms. The summed E-state index contributed by atoms with van der Waals surface area (Å²) in [6, 6.07) is 14.8. The van der Waals surface area contributed by atoms with Gasteiger partial charge in [0, 0.05) is 6.42 Å². The Morgan fingerprint density at radius 2 is 1.79 bits per heavy atom. The normalized spacial score (nSPS) is 14.6.